The van der Waals surface area contributed by atoms with Gasteiger partial charge in [-0.3, -0.25) is 0 Å². The first-order chi connectivity index (χ1) is 6.11. The smallest absolute Gasteiger partial charge is 0.0573 e. The van der Waals surface area contributed by atoms with E-state index in [-0.39, 0.29) is 6.10 Å². The van der Waals surface area contributed by atoms with Gasteiger partial charge in [-0.25, -0.2) is 0 Å². The Balaban J connectivity index is 0.000000671. The average Bonchev–Trinajstić information content (AvgIpc) is 2.07. The molecule has 0 heterocycles. The molecule has 0 bridgehead atoms. The molecule has 0 saturated heterocycles. The van der Waals surface area contributed by atoms with Crippen LogP contribution in [0.2, 0.25) is 0 Å². The van der Waals surface area contributed by atoms with Gasteiger partial charge in [-0.2, -0.15) is 0 Å². The van der Waals surface area contributed by atoms with Gasteiger partial charge in [0.15, 0.2) is 0 Å². The highest BCUT2D eigenvalue weighted by molar-refractivity contribution is 4.79. The summed E-state index contributed by atoms with van der Waals surface area (Å²) in [6.07, 6.45) is 3.52. The monoisotopic (exact) mass is 184 g/mol. The van der Waals surface area contributed by atoms with Crippen LogP contribution in [0.15, 0.2) is 13.2 Å². The predicted octanol–water partition coefficient (Wildman–Crippen LogP) is 3.24. The number of hydrogen-bond acceptors (Lipinski definition) is 1. The summed E-state index contributed by atoms with van der Waals surface area (Å²) in [5.74, 6) is 1.95. The van der Waals surface area contributed by atoms with Crippen LogP contribution in [0.5, 0.6) is 0 Å². The minimum absolute atomic E-state index is 0.0289. The third-order valence-electron chi connectivity index (χ3n) is 2.99. The molecule has 0 aromatic carbocycles. The summed E-state index contributed by atoms with van der Waals surface area (Å²) in [6, 6.07) is 0. The SMILES string of the molecule is C=C.CC1CCC(C(C)C)C(O)C1. The van der Waals surface area contributed by atoms with Crippen LogP contribution in [0.4, 0.5) is 0 Å². The maximum Gasteiger partial charge on any atom is 0.0573 e. The van der Waals surface area contributed by atoms with Gasteiger partial charge in [-0.15, -0.1) is 13.2 Å². The highest BCUT2D eigenvalue weighted by Crippen LogP contribution is 2.33. The Morgan fingerprint density at radius 2 is 1.77 bits per heavy atom. The van der Waals surface area contributed by atoms with E-state index in [4.69, 9.17) is 0 Å². The van der Waals surface area contributed by atoms with E-state index in [0.717, 1.165) is 12.3 Å². The first kappa shape index (κ1) is 12.7. The molecule has 0 radical (unpaired) electrons. The van der Waals surface area contributed by atoms with Crippen molar-refractivity contribution in [2.24, 2.45) is 17.8 Å². The van der Waals surface area contributed by atoms with E-state index in [1.165, 1.54) is 12.8 Å². The summed E-state index contributed by atoms with van der Waals surface area (Å²) in [5.41, 5.74) is 0. The maximum absolute atomic E-state index is 9.71. The van der Waals surface area contributed by atoms with Gasteiger partial charge in [0, 0.05) is 0 Å². The topological polar surface area (TPSA) is 20.2 Å². The van der Waals surface area contributed by atoms with Gasteiger partial charge in [0.25, 0.3) is 0 Å². The quantitative estimate of drug-likeness (QED) is 0.620. The number of aliphatic hydroxyl groups excluding tert-OH is 1. The largest absolute Gasteiger partial charge is 0.393 e. The molecule has 1 N–H and O–H groups in total. The summed E-state index contributed by atoms with van der Waals surface area (Å²) in [7, 11) is 0. The molecule has 1 aliphatic carbocycles. The fourth-order valence-electron chi connectivity index (χ4n) is 2.15. The molecule has 0 spiro atoms. The van der Waals surface area contributed by atoms with Gasteiger partial charge in [-0.1, -0.05) is 27.2 Å². The zero-order valence-electron chi connectivity index (χ0n) is 9.29. The number of rotatable bonds is 1. The predicted molar refractivity (Wildman–Crippen MR) is 58.6 cm³/mol. The minimum atomic E-state index is -0.0289. The lowest BCUT2D eigenvalue weighted by Gasteiger charge is -2.33. The normalized spacial score (nSPS) is 33.8. The fraction of sp³-hybridized carbons (Fsp3) is 0.833. The summed E-state index contributed by atoms with van der Waals surface area (Å²) in [4.78, 5) is 0. The second kappa shape index (κ2) is 6.20. The van der Waals surface area contributed by atoms with Crippen molar-refractivity contribution in [3.05, 3.63) is 13.2 Å². The second-order valence-electron chi connectivity index (χ2n) is 4.39. The Morgan fingerprint density at radius 1 is 1.23 bits per heavy atom. The first-order valence-corrected chi connectivity index (χ1v) is 5.29. The molecule has 1 saturated carbocycles. The van der Waals surface area contributed by atoms with Gasteiger partial charge < -0.3 is 5.11 Å². The summed E-state index contributed by atoms with van der Waals surface area (Å²) >= 11 is 0. The van der Waals surface area contributed by atoms with Crippen LogP contribution in [-0.4, -0.2) is 11.2 Å². The third kappa shape index (κ3) is 3.95. The van der Waals surface area contributed by atoms with Crippen molar-refractivity contribution >= 4 is 0 Å². The Bertz CT molecular complexity index is 131. The van der Waals surface area contributed by atoms with Gasteiger partial charge in [0.1, 0.15) is 0 Å². The van der Waals surface area contributed by atoms with E-state index < -0.39 is 0 Å². The van der Waals surface area contributed by atoms with Crippen molar-refractivity contribution in [2.45, 2.75) is 46.1 Å². The molecule has 3 unspecified atom stereocenters. The van der Waals surface area contributed by atoms with Gasteiger partial charge in [0.05, 0.1) is 6.10 Å². The zero-order chi connectivity index (χ0) is 10.4. The lowest BCUT2D eigenvalue weighted by molar-refractivity contribution is 0.0266. The van der Waals surface area contributed by atoms with E-state index in [2.05, 4.69) is 33.9 Å². The van der Waals surface area contributed by atoms with Crippen LogP contribution in [-0.2, 0) is 0 Å². The maximum atomic E-state index is 9.71. The molecule has 3 atom stereocenters. The molecule has 1 rings (SSSR count). The van der Waals surface area contributed by atoms with Gasteiger partial charge in [-0.05, 0) is 30.6 Å². The van der Waals surface area contributed by atoms with E-state index in [1.54, 1.807) is 0 Å². The van der Waals surface area contributed by atoms with Crippen molar-refractivity contribution in [2.75, 3.05) is 0 Å². The standard InChI is InChI=1S/C10H20O.C2H4/c1-7(2)9-5-4-8(3)6-10(9)11;1-2/h7-11H,4-6H2,1-3H3;1-2H2. The lowest BCUT2D eigenvalue weighted by Crippen LogP contribution is -2.31. The van der Waals surface area contributed by atoms with Gasteiger partial charge in [0.2, 0.25) is 0 Å². The van der Waals surface area contributed by atoms with Crippen LogP contribution in [0.25, 0.3) is 0 Å². The van der Waals surface area contributed by atoms with Crippen molar-refractivity contribution < 1.29 is 5.11 Å². The second-order valence-corrected chi connectivity index (χ2v) is 4.39. The van der Waals surface area contributed by atoms with Crippen molar-refractivity contribution in [3.8, 4) is 0 Å². The Labute approximate surface area is 82.9 Å². The lowest BCUT2D eigenvalue weighted by atomic mass is 9.75. The molecule has 1 heteroatoms. The van der Waals surface area contributed by atoms with Crippen molar-refractivity contribution in [1.29, 1.82) is 0 Å². The van der Waals surface area contributed by atoms with E-state index in [1.807, 2.05) is 0 Å². The molecule has 0 aromatic rings. The Hall–Kier alpha value is -0.300. The molecule has 1 nitrogen and oxygen atoms in total. The molecular weight excluding hydrogens is 160 g/mol. The third-order valence-corrected chi connectivity index (χ3v) is 2.99. The molecule has 0 aliphatic heterocycles. The van der Waals surface area contributed by atoms with Crippen LogP contribution >= 0.6 is 0 Å². The molecule has 0 amide bonds. The summed E-state index contributed by atoms with van der Waals surface area (Å²) < 4.78 is 0. The molecular formula is C12H24O. The molecule has 13 heavy (non-hydrogen) atoms. The van der Waals surface area contributed by atoms with Crippen molar-refractivity contribution in [1.82, 2.24) is 0 Å². The van der Waals surface area contributed by atoms with E-state index in [9.17, 15) is 5.11 Å². The van der Waals surface area contributed by atoms with Crippen LogP contribution in [0.3, 0.4) is 0 Å². The highest BCUT2D eigenvalue weighted by Gasteiger charge is 2.28. The summed E-state index contributed by atoms with van der Waals surface area (Å²) in [6.45, 7) is 12.7. The fourth-order valence-corrected chi connectivity index (χ4v) is 2.15. The Kier molecular flexibility index (Phi) is 6.06. The zero-order valence-corrected chi connectivity index (χ0v) is 9.29. The molecule has 0 aromatic heterocycles. The molecule has 78 valence electrons. The van der Waals surface area contributed by atoms with Crippen LogP contribution < -0.4 is 0 Å². The van der Waals surface area contributed by atoms with E-state index in [0.29, 0.717) is 11.8 Å². The van der Waals surface area contributed by atoms with E-state index >= 15 is 0 Å². The number of aliphatic hydroxyl groups is 1. The minimum Gasteiger partial charge on any atom is -0.393 e. The molecule has 1 fully saturated rings. The summed E-state index contributed by atoms with van der Waals surface area (Å²) in [5, 5.41) is 9.71. The van der Waals surface area contributed by atoms with Crippen molar-refractivity contribution in [3.63, 3.8) is 0 Å². The average molecular weight is 184 g/mol. The number of hydrogen-bond donors (Lipinski definition) is 1. The Morgan fingerprint density at radius 3 is 2.15 bits per heavy atom. The highest BCUT2D eigenvalue weighted by atomic mass is 16.3. The molecule has 1 aliphatic rings. The van der Waals surface area contributed by atoms with Crippen LogP contribution in [0, 0.1) is 17.8 Å². The van der Waals surface area contributed by atoms with Crippen LogP contribution in [0.1, 0.15) is 40.0 Å². The first-order valence-electron chi connectivity index (χ1n) is 5.29. The van der Waals surface area contributed by atoms with Gasteiger partial charge >= 0.3 is 0 Å².